The molecule has 1 saturated carbocycles. The zero-order chi connectivity index (χ0) is 22.8. The summed E-state index contributed by atoms with van der Waals surface area (Å²) in [6.45, 7) is 0.705. The van der Waals surface area contributed by atoms with Gasteiger partial charge in [0.1, 0.15) is 17.5 Å². The monoisotopic (exact) mass is 452 g/mol. The lowest BCUT2D eigenvalue weighted by Crippen LogP contribution is -2.56. The Morgan fingerprint density at radius 2 is 1.91 bits per heavy atom. The minimum atomic E-state index is -0.737. The predicted molar refractivity (Wildman–Crippen MR) is 119 cm³/mol. The number of methoxy groups -OCH3 is 1. The Morgan fingerprint density at radius 1 is 1.09 bits per heavy atom. The van der Waals surface area contributed by atoms with Crippen molar-refractivity contribution in [3.05, 3.63) is 53.6 Å². The standard InChI is InChI=1S/C25H28N2O6/c1-30-19-7-5-6-18(13-19)24(29)27-20(15-33-25(27)10-3-2-4-11-25)23(28)26-14-17-8-9-21-22(12-17)32-16-31-21/h5-9,12-13,20H,2-4,10-11,14-16H2,1H3,(H,26,28). The smallest absolute Gasteiger partial charge is 0.257 e. The highest BCUT2D eigenvalue weighted by atomic mass is 16.7. The zero-order valence-corrected chi connectivity index (χ0v) is 18.7. The van der Waals surface area contributed by atoms with Crippen LogP contribution in [-0.4, -0.2) is 49.0 Å². The molecule has 2 fully saturated rings. The fraction of sp³-hybridized carbons (Fsp3) is 0.440. The summed E-state index contributed by atoms with van der Waals surface area (Å²) in [5, 5.41) is 2.98. The molecule has 8 nitrogen and oxygen atoms in total. The fourth-order valence-electron chi connectivity index (χ4n) is 4.92. The van der Waals surface area contributed by atoms with E-state index >= 15 is 0 Å². The number of hydrogen-bond donors (Lipinski definition) is 1. The molecule has 1 aliphatic carbocycles. The third kappa shape index (κ3) is 4.11. The van der Waals surface area contributed by atoms with Gasteiger partial charge in [0.2, 0.25) is 12.7 Å². The number of benzene rings is 2. The molecule has 2 aromatic carbocycles. The van der Waals surface area contributed by atoms with Crippen LogP contribution < -0.4 is 19.5 Å². The van der Waals surface area contributed by atoms with Crippen LogP contribution in [0.3, 0.4) is 0 Å². The summed E-state index contributed by atoms with van der Waals surface area (Å²) in [7, 11) is 1.57. The molecular formula is C25H28N2O6. The summed E-state index contributed by atoms with van der Waals surface area (Å²) in [6.07, 6.45) is 4.50. The Balaban J connectivity index is 1.36. The maximum atomic E-state index is 13.7. The van der Waals surface area contributed by atoms with Gasteiger partial charge in [-0.3, -0.25) is 14.5 Å². The van der Waals surface area contributed by atoms with E-state index in [1.165, 1.54) is 0 Å². The van der Waals surface area contributed by atoms with Crippen molar-refractivity contribution >= 4 is 11.8 Å². The van der Waals surface area contributed by atoms with Crippen LogP contribution in [0.15, 0.2) is 42.5 Å². The summed E-state index contributed by atoms with van der Waals surface area (Å²) >= 11 is 0. The van der Waals surface area contributed by atoms with Gasteiger partial charge in [-0.05, 0) is 61.6 Å². The molecule has 1 saturated heterocycles. The van der Waals surface area contributed by atoms with Crippen molar-refractivity contribution in [2.24, 2.45) is 0 Å². The quantitative estimate of drug-likeness (QED) is 0.750. The van der Waals surface area contributed by atoms with Crippen molar-refractivity contribution in [1.29, 1.82) is 0 Å². The Hall–Kier alpha value is -3.26. The van der Waals surface area contributed by atoms with Crippen LogP contribution in [0, 0.1) is 0 Å². The molecule has 1 unspecified atom stereocenters. The van der Waals surface area contributed by atoms with Crippen LogP contribution in [-0.2, 0) is 16.1 Å². The average molecular weight is 453 g/mol. The second kappa shape index (κ2) is 8.94. The molecule has 1 spiro atoms. The highest BCUT2D eigenvalue weighted by Gasteiger charge is 2.52. The number of nitrogens with one attached hydrogen (secondary N) is 1. The Labute approximate surface area is 192 Å². The number of nitrogens with zero attached hydrogens (tertiary/aromatic N) is 1. The molecule has 8 heteroatoms. The van der Waals surface area contributed by atoms with E-state index in [1.54, 1.807) is 36.3 Å². The summed E-state index contributed by atoms with van der Waals surface area (Å²) in [6, 6.07) is 11.9. The van der Waals surface area contributed by atoms with Crippen LogP contribution >= 0.6 is 0 Å². The molecule has 33 heavy (non-hydrogen) atoms. The first-order valence-corrected chi connectivity index (χ1v) is 11.4. The van der Waals surface area contributed by atoms with E-state index in [0.29, 0.717) is 29.4 Å². The highest BCUT2D eigenvalue weighted by Crippen LogP contribution is 2.41. The lowest BCUT2D eigenvalue weighted by molar-refractivity contribution is -0.127. The number of carbonyl (C=O) groups excluding carboxylic acids is 2. The second-order valence-corrected chi connectivity index (χ2v) is 8.65. The van der Waals surface area contributed by atoms with Gasteiger partial charge in [0.15, 0.2) is 11.5 Å². The lowest BCUT2D eigenvalue weighted by Gasteiger charge is -2.41. The molecule has 2 aromatic rings. The number of amides is 2. The Bertz CT molecular complexity index is 1050. The summed E-state index contributed by atoms with van der Waals surface area (Å²) in [5.74, 6) is 1.52. The van der Waals surface area contributed by atoms with Crippen molar-refractivity contribution in [2.75, 3.05) is 20.5 Å². The molecule has 0 radical (unpaired) electrons. The fourth-order valence-corrected chi connectivity index (χ4v) is 4.92. The van der Waals surface area contributed by atoms with Gasteiger partial charge in [-0.1, -0.05) is 18.6 Å². The number of hydrogen-bond acceptors (Lipinski definition) is 6. The third-order valence-corrected chi connectivity index (χ3v) is 6.64. The summed E-state index contributed by atoms with van der Waals surface area (Å²) in [5.41, 5.74) is 0.641. The van der Waals surface area contributed by atoms with Crippen LogP contribution in [0.4, 0.5) is 0 Å². The van der Waals surface area contributed by atoms with E-state index in [-0.39, 0.29) is 25.2 Å². The van der Waals surface area contributed by atoms with Gasteiger partial charge in [-0.15, -0.1) is 0 Å². The maximum Gasteiger partial charge on any atom is 0.257 e. The minimum absolute atomic E-state index is 0.183. The van der Waals surface area contributed by atoms with Crippen molar-refractivity contribution in [3.8, 4) is 17.2 Å². The van der Waals surface area contributed by atoms with Gasteiger partial charge >= 0.3 is 0 Å². The molecule has 1 atom stereocenters. The van der Waals surface area contributed by atoms with Gasteiger partial charge in [0.25, 0.3) is 5.91 Å². The first-order valence-electron chi connectivity index (χ1n) is 11.4. The Morgan fingerprint density at radius 3 is 2.73 bits per heavy atom. The molecule has 2 aliphatic heterocycles. The van der Waals surface area contributed by atoms with E-state index in [2.05, 4.69) is 5.32 Å². The van der Waals surface area contributed by atoms with Gasteiger partial charge in [0, 0.05) is 12.1 Å². The average Bonchev–Trinajstić information content (AvgIpc) is 3.47. The highest BCUT2D eigenvalue weighted by molar-refractivity contribution is 5.98. The molecule has 0 bridgehead atoms. The number of ether oxygens (including phenoxy) is 4. The lowest BCUT2D eigenvalue weighted by atomic mass is 9.89. The number of fused-ring (bicyclic) bond motifs is 1. The number of carbonyl (C=O) groups is 2. The first kappa shape index (κ1) is 21.6. The van der Waals surface area contributed by atoms with Crippen LogP contribution in [0.5, 0.6) is 17.2 Å². The molecule has 2 amide bonds. The SMILES string of the molecule is COc1cccc(C(=O)N2C(C(=O)NCc3ccc4c(c3)OCO4)COC23CCCCC3)c1. The van der Waals surface area contributed by atoms with Crippen molar-refractivity contribution in [3.63, 3.8) is 0 Å². The molecule has 0 aromatic heterocycles. The molecule has 2 heterocycles. The van der Waals surface area contributed by atoms with Crippen LogP contribution in [0.25, 0.3) is 0 Å². The third-order valence-electron chi connectivity index (χ3n) is 6.64. The van der Waals surface area contributed by atoms with E-state index in [4.69, 9.17) is 18.9 Å². The largest absolute Gasteiger partial charge is 0.497 e. The van der Waals surface area contributed by atoms with Crippen LogP contribution in [0.1, 0.15) is 48.0 Å². The van der Waals surface area contributed by atoms with Crippen molar-refractivity contribution < 1.29 is 28.5 Å². The van der Waals surface area contributed by atoms with Gasteiger partial charge in [-0.25, -0.2) is 0 Å². The van der Waals surface area contributed by atoms with Crippen LogP contribution in [0.2, 0.25) is 0 Å². The summed E-state index contributed by atoms with van der Waals surface area (Å²) in [4.78, 5) is 28.6. The predicted octanol–water partition coefficient (Wildman–Crippen LogP) is 3.24. The number of rotatable bonds is 5. The summed E-state index contributed by atoms with van der Waals surface area (Å²) < 4.78 is 22.3. The van der Waals surface area contributed by atoms with E-state index < -0.39 is 11.8 Å². The molecule has 3 aliphatic rings. The Kier molecular flexibility index (Phi) is 5.85. The first-order chi connectivity index (χ1) is 16.1. The van der Waals surface area contributed by atoms with E-state index in [9.17, 15) is 9.59 Å². The molecule has 174 valence electrons. The zero-order valence-electron chi connectivity index (χ0n) is 18.7. The van der Waals surface area contributed by atoms with Gasteiger partial charge in [-0.2, -0.15) is 0 Å². The van der Waals surface area contributed by atoms with Crippen molar-refractivity contribution in [1.82, 2.24) is 10.2 Å². The van der Waals surface area contributed by atoms with Gasteiger partial charge < -0.3 is 24.3 Å². The topological polar surface area (TPSA) is 86.3 Å². The molecule has 1 N–H and O–H groups in total. The molecular weight excluding hydrogens is 424 g/mol. The maximum absolute atomic E-state index is 13.7. The van der Waals surface area contributed by atoms with Crippen molar-refractivity contribution in [2.45, 2.75) is 50.4 Å². The van der Waals surface area contributed by atoms with E-state index in [1.807, 2.05) is 18.2 Å². The minimum Gasteiger partial charge on any atom is -0.497 e. The van der Waals surface area contributed by atoms with E-state index in [0.717, 1.165) is 37.7 Å². The molecule has 5 rings (SSSR count). The van der Waals surface area contributed by atoms with Gasteiger partial charge in [0.05, 0.1) is 13.7 Å². The normalized spacial score (nSPS) is 20.6. The second-order valence-electron chi connectivity index (χ2n) is 8.65.